The minimum absolute atomic E-state index is 0.0481. The molecule has 0 bridgehead atoms. The maximum atomic E-state index is 12.1. The minimum atomic E-state index is -0.724. The van der Waals surface area contributed by atoms with Gasteiger partial charge in [-0.2, -0.15) is 0 Å². The molecule has 1 saturated heterocycles. The third kappa shape index (κ3) is 2.92. The standard InChI is InChI=1S/C14H23NO3/c1-4-6-11(3)12(16)15-9-7-14(5-2,8-10-15)13(17)18/h6H,4-5,7-10H2,1-3H3,(H,17,18). The molecule has 1 heterocycles. The predicted octanol–water partition coefficient (Wildman–Crippen LogP) is 2.45. The van der Waals surface area contributed by atoms with E-state index in [2.05, 4.69) is 0 Å². The zero-order valence-electron chi connectivity index (χ0n) is 11.5. The van der Waals surface area contributed by atoms with E-state index in [1.165, 1.54) is 0 Å². The fraction of sp³-hybridized carbons (Fsp3) is 0.714. The summed E-state index contributed by atoms with van der Waals surface area (Å²) in [6, 6.07) is 0. The second-order valence-electron chi connectivity index (χ2n) is 5.03. The molecule has 0 atom stereocenters. The molecule has 0 unspecified atom stereocenters. The maximum Gasteiger partial charge on any atom is 0.309 e. The number of aliphatic carboxylic acids is 1. The van der Waals surface area contributed by atoms with Crippen molar-refractivity contribution in [3.63, 3.8) is 0 Å². The molecule has 4 nitrogen and oxygen atoms in total. The maximum absolute atomic E-state index is 12.1. The van der Waals surface area contributed by atoms with Crippen molar-refractivity contribution in [3.05, 3.63) is 11.6 Å². The SMILES string of the molecule is CCC=C(C)C(=O)N1CCC(CC)(C(=O)O)CC1. The number of nitrogens with zero attached hydrogens (tertiary/aromatic N) is 1. The van der Waals surface area contributed by atoms with Crippen LogP contribution in [0.3, 0.4) is 0 Å². The van der Waals surface area contributed by atoms with Crippen LogP contribution in [0.25, 0.3) is 0 Å². The second kappa shape index (κ2) is 6.03. The van der Waals surface area contributed by atoms with Crippen LogP contribution in [0.4, 0.5) is 0 Å². The first-order valence-electron chi connectivity index (χ1n) is 6.66. The highest BCUT2D eigenvalue weighted by molar-refractivity contribution is 5.93. The third-order valence-corrected chi connectivity index (χ3v) is 3.99. The van der Waals surface area contributed by atoms with E-state index in [4.69, 9.17) is 0 Å². The Balaban J connectivity index is 2.67. The lowest BCUT2D eigenvalue weighted by Crippen LogP contribution is -2.46. The Morgan fingerprint density at radius 1 is 1.28 bits per heavy atom. The number of hydrogen-bond donors (Lipinski definition) is 1. The number of rotatable bonds is 4. The number of carboxylic acid groups (broad SMARTS) is 1. The van der Waals surface area contributed by atoms with Gasteiger partial charge in [0.1, 0.15) is 0 Å². The lowest BCUT2D eigenvalue weighted by Gasteiger charge is -2.38. The van der Waals surface area contributed by atoms with E-state index >= 15 is 0 Å². The molecule has 1 aliphatic heterocycles. The molecule has 18 heavy (non-hydrogen) atoms. The summed E-state index contributed by atoms with van der Waals surface area (Å²) in [4.78, 5) is 25.1. The summed E-state index contributed by atoms with van der Waals surface area (Å²) in [5, 5.41) is 9.29. The average molecular weight is 253 g/mol. The van der Waals surface area contributed by atoms with Crippen molar-refractivity contribution in [2.45, 2.75) is 46.5 Å². The monoisotopic (exact) mass is 253 g/mol. The minimum Gasteiger partial charge on any atom is -0.481 e. The zero-order valence-corrected chi connectivity index (χ0v) is 11.5. The van der Waals surface area contributed by atoms with Crippen molar-refractivity contribution in [3.8, 4) is 0 Å². The van der Waals surface area contributed by atoms with Crippen LogP contribution in [0.5, 0.6) is 0 Å². The van der Waals surface area contributed by atoms with Crippen molar-refractivity contribution < 1.29 is 14.7 Å². The Morgan fingerprint density at radius 3 is 2.22 bits per heavy atom. The van der Waals surface area contributed by atoms with Crippen LogP contribution in [0.2, 0.25) is 0 Å². The number of allylic oxidation sites excluding steroid dienone is 1. The molecular weight excluding hydrogens is 230 g/mol. The summed E-state index contributed by atoms with van der Waals surface area (Å²) in [5.41, 5.74) is 0.135. The third-order valence-electron chi connectivity index (χ3n) is 3.99. The fourth-order valence-corrected chi connectivity index (χ4v) is 2.50. The number of hydrogen-bond acceptors (Lipinski definition) is 2. The van der Waals surface area contributed by atoms with Crippen molar-refractivity contribution in [2.75, 3.05) is 13.1 Å². The van der Waals surface area contributed by atoms with E-state index in [0.717, 1.165) is 12.0 Å². The summed E-state index contributed by atoms with van der Waals surface area (Å²) >= 11 is 0. The van der Waals surface area contributed by atoms with Gasteiger partial charge in [-0.15, -0.1) is 0 Å². The van der Waals surface area contributed by atoms with Gasteiger partial charge >= 0.3 is 5.97 Å². The summed E-state index contributed by atoms with van der Waals surface area (Å²) in [7, 11) is 0. The number of amides is 1. The van der Waals surface area contributed by atoms with Gasteiger partial charge < -0.3 is 10.0 Å². The Kier molecular flexibility index (Phi) is 4.93. The van der Waals surface area contributed by atoms with Crippen LogP contribution in [0.1, 0.15) is 46.5 Å². The number of carboxylic acids is 1. The first kappa shape index (κ1) is 14.7. The molecule has 1 N–H and O–H groups in total. The molecule has 0 saturated carbocycles. The predicted molar refractivity (Wildman–Crippen MR) is 70.2 cm³/mol. The number of carbonyl (C=O) groups is 2. The molecule has 0 aromatic carbocycles. The summed E-state index contributed by atoms with van der Waals surface area (Å²) in [5.74, 6) is -0.676. The number of likely N-dealkylation sites (tertiary alicyclic amines) is 1. The van der Waals surface area contributed by atoms with Crippen LogP contribution in [0.15, 0.2) is 11.6 Å². The van der Waals surface area contributed by atoms with Gasteiger partial charge in [-0.3, -0.25) is 9.59 Å². The highest BCUT2D eigenvalue weighted by Gasteiger charge is 2.40. The van der Waals surface area contributed by atoms with Crippen LogP contribution in [-0.4, -0.2) is 35.0 Å². The molecule has 1 amide bonds. The zero-order chi connectivity index (χ0) is 13.8. The number of piperidine rings is 1. The van der Waals surface area contributed by atoms with Crippen molar-refractivity contribution >= 4 is 11.9 Å². The van der Waals surface area contributed by atoms with Crippen molar-refractivity contribution in [1.82, 2.24) is 4.90 Å². The Labute approximate surface area is 109 Å². The average Bonchev–Trinajstić information content (AvgIpc) is 2.38. The smallest absolute Gasteiger partial charge is 0.309 e. The van der Waals surface area contributed by atoms with E-state index in [0.29, 0.717) is 32.4 Å². The first-order chi connectivity index (χ1) is 8.46. The van der Waals surface area contributed by atoms with Crippen LogP contribution >= 0.6 is 0 Å². The first-order valence-corrected chi connectivity index (χ1v) is 6.66. The van der Waals surface area contributed by atoms with Gasteiger partial charge in [0.25, 0.3) is 0 Å². The van der Waals surface area contributed by atoms with Gasteiger partial charge in [-0.25, -0.2) is 0 Å². The summed E-state index contributed by atoms with van der Waals surface area (Å²) in [6.07, 6.45) is 4.52. The molecule has 1 fully saturated rings. The Bertz CT molecular complexity index is 352. The van der Waals surface area contributed by atoms with Crippen molar-refractivity contribution in [1.29, 1.82) is 0 Å². The van der Waals surface area contributed by atoms with Crippen LogP contribution < -0.4 is 0 Å². The normalized spacial score (nSPS) is 19.7. The molecule has 102 valence electrons. The molecule has 0 radical (unpaired) electrons. The van der Waals surface area contributed by atoms with Gasteiger partial charge in [-0.05, 0) is 32.6 Å². The topological polar surface area (TPSA) is 57.6 Å². The van der Waals surface area contributed by atoms with E-state index in [1.54, 1.807) is 4.90 Å². The highest BCUT2D eigenvalue weighted by Crippen LogP contribution is 2.35. The molecule has 0 aromatic rings. The van der Waals surface area contributed by atoms with Gasteiger partial charge in [0.2, 0.25) is 5.91 Å². The quantitative estimate of drug-likeness (QED) is 0.783. The molecule has 0 aliphatic carbocycles. The Morgan fingerprint density at radius 2 is 1.83 bits per heavy atom. The van der Waals surface area contributed by atoms with E-state index in [9.17, 15) is 14.7 Å². The van der Waals surface area contributed by atoms with Gasteiger partial charge in [0.05, 0.1) is 5.41 Å². The fourth-order valence-electron chi connectivity index (χ4n) is 2.50. The van der Waals surface area contributed by atoms with Crippen LogP contribution in [0, 0.1) is 5.41 Å². The van der Waals surface area contributed by atoms with Crippen LogP contribution in [-0.2, 0) is 9.59 Å². The molecular formula is C14H23NO3. The lowest BCUT2D eigenvalue weighted by molar-refractivity contribution is -0.154. The second-order valence-corrected chi connectivity index (χ2v) is 5.03. The molecule has 0 aromatic heterocycles. The van der Waals surface area contributed by atoms with Crippen molar-refractivity contribution in [2.24, 2.45) is 5.41 Å². The molecule has 0 spiro atoms. The van der Waals surface area contributed by atoms with Gasteiger partial charge in [0.15, 0.2) is 0 Å². The van der Waals surface area contributed by atoms with Gasteiger partial charge in [-0.1, -0.05) is 19.9 Å². The Hall–Kier alpha value is -1.32. The lowest BCUT2D eigenvalue weighted by atomic mass is 9.76. The molecule has 1 aliphatic rings. The molecule has 1 rings (SSSR count). The van der Waals surface area contributed by atoms with Gasteiger partial charge in [0, 0.05) is 18.7 Å². The highest BCUT2D eigenvalue weighted by atomic mass is 16.4. The van der Waals surface area contributed by atoms with E-state index in [1.807, 2.05) is 26.8 Å². The van der Waals surface area contributed by atoms with E-state index in [-0.39, 0.29) is 5.91 Å². The van der Waals surface area contributed by atoms with E-state index < -0.39 is 11.4 Å². The summed E-state index contributed by atoms with van der Waals surface area (Å²) in [6.45, 7) is 6.83. The largest absolute Gasteiger partial charge is 0.481 e. The summed E-state index contributed by atoms with van der Waals surface area (Å²) < 4.78 is 0. The molecule has 4 heteroatoms. The number of carbonyl (C=O) groups excluding carboxylic acids is 1.